The van der Waals surface area contributed by atoms with E-state index in [9.17, 15) is 4.79 Å². The van der Waals surface area contributed by atoms with Gasteiger partial charge in [-0.1, -0.05) is 25.2 Å². The molecule has 0 aromatic carbocycles. The van der Waals surface area contributed by atoms with E-state index in [2.05, 4.69) is 6.58 Å². The summed E-state index contributed by atoms with van der Waals surface area (Å²) in [6, 6.07) is 0. The van der Waals surface area contributed by atoms with Gasteiger partial charge in [-0.15, -0.1) is 0 Å². The molecule has 0 aromatic heterocycles. The Kier molecular flexibility index (Phi) is 2.69. The molecule has 66 valence electrons. The van der Waals surface area contributed by atoms with Crippen LogP contribution >= 0.6 is 0 Å². The lowest BCUT2D eigenvalue weighted by Crippen LogP contribution is -2.03. The van der Waals surface area contributed by atoms with Gasteiger partial charge < -0.3 is 4.74 Å². The van der Waals surface area contributed by atoms with Crippen LogP contribution in [-0.4, -0.2) is 12.1 Å². The molecule has 0 radical (unpaired) electrons. The monoisotopic (exact) mass is 166 g/mol. The minimum Gasteiger partial charge on any atom is -0.458 e. The van der Waals surface area contributed by atoms with Crippen LogP contribution < -0.4 is 0 Å². The minimum atomic E-state index is -0.0913. The third kappa shape index (κ3) is 2.22. The van der Waals surface area contributed by atoms with Crippen LogP contribution in [0, 0.1) is 5.92 Å². The third-order valence-electron chi connectivity index (χ3n) is 1.85. The molecule has 0 spiro atoms. The lowest BCUT2D eigenvalue weighted by molar-refractivity contribution is -0.142. The molecule has 1 aliphatic rings. The van der Waals surface area contributed by atoms with Crippen molar-refractivity contribution in [1.82, 2.24) is 0 Å². The normalized spacial score (nSPS) is 29.3. The summed E-state index contributed by atoms with van der Waals surface area (Å²) < 4.78 is 5.06. The standard InChI is InChI=1S/C10H14O2/c1-7(2)4-5-9-6-8(3)10(11)12-9/h4-5,8-9H,1,6H2,2-3H3/b5-4+/t8-,9-/m1/s1. The summed E-state index contributed by atoms with van der Waals surface area (Å²) in [7, 11) is 0. The topological polar surface area (TPSA) is 26.3 Å². The maximum absolute atomic E-state index is 11.0. The molecule has 0 amide bonds. The number of allylic oxidation sites excluding steroid dienone is 2. The Hall–Kier alpha value is -1.05. The van der Waals surface area contributed by atoms with Crippen LogP contribution in [0.4, 0.5) is 0 Å². The van der Waals surface area contributed by atoms with Gasteiger partial charge in [0.1, 0.15) is 6.10 Å². The highest BCUT2D eigenvalue weighted by molar-refractivity contribution is 5.74. The van der Waals surface area contributed by atoms with E-state index in [4.69, 9.17) is 4.74 Å². The van der Waals surface area contributed by atoms with Crippen molar-refractivity contribution in [3.05, 3.63) is 24.3 Å². The van der Waals surface area contributed by atoms with Crippen molar-refractivity contribution in [3.63, 3.8) is 0 Å². The molecular formula is C10H14O2. The molecule has 1 fully saturated rings. The van der Waals surface area contributed by atoms with Crippen LogP contribution in [0.2, 0.25) is 0 Å². The first-order valence-corrected chi connectivity index (χ1v) is 4.14. The summed E-state index contributed by atoms with van der Waals surface area (Å²) in [5.41, 5.74) is 0.977. The van der Waals surface area contributed by atoms with Crippen LogP contribution in [0.25, 0.3) is 0 Å². The summed E-state index contributed by atoms with van der Waals surface area (Å²) in [5.74, 6) is -0.0452. The number of ether oxygens (including phenoxy) is 1. The average molecular weight is 166 g/mol. The molecule has 0 saturated carbocycles. The van der Waals surface area contributed by atoms with Gasteiger partial charge in [0.2, 0.25) is 0 Å². The Morgan fingerprint density at radius 2 is 2.42 bits per heavy atom. The Bertz CT molecular complexity index is 228. The van der Waals surface area contributed by atoms with Crippen LogP contribution in [0.15, 0.2) is 24.3 Å². The van der Waals surface area contributed by atoms with Gasteiger partial charge >= 0.3 is 5.97 Å². The minimum absolute atomic E-state index is 0.0378. The van der Waals surface area contributed by atoms with Gasteiger partial charge in [0.25, 0.3) is 0 Å². The number of hydrogen-bond acceptors (Lipinski definition) is 2. The number of esters is 1. The van der Waals surface area contributed by atoms with Gasteiger partial charge in [0.15, 0.2) is 0 Å². The fourth-order valence-electron chi connectivity index (χ4n) is 1.15. The summed E-state index contributed by atoms with van der Waals surface area (Å²) >= 11 is 0. The van der Waals surface area contributed by atoms with Crippen LogP contribution in [0.3, 0.4) is 0 Å². The second kappa shape index (κ2) is 3.57. The first-order valence-electron chi connectivity index (χ1n) is 4.14. The van der Waals surface area contributed by atoms with Crippen LogP contribution in [0.1, 0.15) is 20.3 Å². The first kappa shape index (κ1) is 9.04. The van der Waals surface area contributed by atoms with Gasteiger partial charge in [-0.3, -0.25) is 4.79 Å². The second-order valence-electron chi connectivity index (χ2n) is 3.32. The van der Waals surface area contributed by atoms with Gasteiger partial charge in [-0.2, -0.15) is 0 Å². The molecule has 0 aromatic rings. The molecule has 1 heterocycles. The number of carbonyl (C=O) groups excluding carboxylic acids is 1. The van der Waals surface area contributed by atoms with Crippen molar-refractivity contribution in [2.45, 2.75) is 26.4 Å². The van der Waals surface area contributed by atoms with Crippen LogP contribution in [0.5, 0.6) is 0 Å². The fraction of sp³-hybridized carbons (Fsp3) is 0.500. The number of hydrogen-bond donors (Lipinski definition) is 0. The molecule has 1 aliphatic heterocycles. The molecule has 0 N–H and O–H groups in total. The van der Waals surface area contributed by atoms with E-state index in [0.29, 0.717) is 0 Å². The predicted molar refractivity (Wildman–Crippen MR) is 47.6 cm³/mol. The van der Waals surface area contributed by atoms with Gasteiger partial charge in [-0.05, 0) is 13.0 Å². The lowest BCUT2D eigenvalue weighted by Gasteiger charge is -2.00. The van der Waals surface area contributed by atoms with Crippen molar-refractivity contribution in [2.24, 2.45) is 5.92 Å². The van der Waals surface area contributed by atoms with E-state index in [1.807, 2.05) is 26.0 Å². The lowest BCUT2D eigenvalue weighted by atomic mass is 10.1. The quantitative estimate of drug-likeness (QED) is 0.463. The second-order valence-corrected chi connectivity index (χ2v) is 3.32. The number of cyclic esters (lactones) is 1. The highest BCUT2D eigenvalue weighted by atomic mass is 16.5. The van der Waals surface area contributed by atoms with Gasteiger partial charge in [0, 0.05) is 6.42 Å². The zero-order valence-corrected chi connectivity index (χ0v) is 7.54. The Labute approximate surface area is 72.9 Å². The smallest absolute Gasteiger partial charge is 0.309 e. The zero-order chi connectivity index (χ0) is 9.14. The van der Waals surface area contributed by atoms with E-state index in [1.165, 1.54) is 0 Å². The van der Waals surface area contributed by atoms with Gasteiger partial charge in [0.05, 0.1) is 5.92 Å². The highest BCUT2D eigenvalue weighted by Gasteiger charge is 2.28. The number of carbonyl (C=O) groups is 1. The largest absolute Gasteiger partial charge is 0.458 e. The van der Waals surface area contributed by atoms with E-state index in [-0.39, 0.29) is 18.0 Å². The molecule has 1 rings (SSSR count). The van der Waals surface area contributed by atoms with E-state index < -0.39 is 0 Å². The summed E-state index contributed by atoms with van der Waals surface area (Å²) in [5, 5.41) is 0. The number of rotatable bonds is 2. The SMILES string of the molecule is C=C(C)/C=C/[C@@H]1C[C@@H](C)C(=O)O1. The fourth-order valence-corrected chi connectivity index (χ4v) is 1.15. The van der Waals surface area contributed by atoms with E-state index >= 15 is 0 Å². The summed E-state index contributed by atoms with van der Waals surface area (Å²) in [4.78, 5) is 11.0. The molecule has 0 aliphatic carbocycles. The Morgan fingerprint density at radius 3 is 2.83 bits per heavy atom. The molecule has 2 nitrogen and oxygen atoms in total. The average Bonchev–Trinajstić information content (AvgIpc) is 2.28. The van der Waals surface area contributed by atoms with Gasteiger partial charge in [-0.25, -0.2) is 0 Å². The summed E-state index contributed by atoms with van der Waals surface area (Å²) in [6.45, 7) is 7.53. The third-order valence-corrected chi connectivity index (χ3v) is 1.85. The molecule has 12 heavy (non-hydrogen) atoms. The maximum Gasteiger partial charge on any atom is 0.309 e. The molecule has 0 unspecified atom stereocenters. The first-order chi connectivity index (χ1) is 5.59. The Balaban J connectivity index is 2.47. The molecule has 0 bridgehead atoms. The molecule has 2 heteroatoms. The Morgan fingerprint density at radius 1 is 1.75 bits per heavy atom. The van der Waals surface area contributed by atoms with Crippen molar-refractivity contribution in [1.29, 1.82) is 0 Å². The van der Waals surface area contributed by atoms with Crippen molar-refractivity contribution < 1.29 is 9.53 Å². The highest BCUT2D eigenvalue weighted by Crippen LogP contribution is 2.21. The zero-order valence-electron chi connectivity index (χ0n) is 7.54. The van der Waals surface area contributed by atoms with Crippen molar-refractivity contribution >= 4 is 5.97 Å². The molecule has 1 saturated heterocycles. The molecule has 2 atom stereocenters. The molecular weight excluding hydrogens is 152 g/mol. The maximum atomic E-state index is 11.0. The van der Waals surface area contributed by atoms with Crippen LogP contribution in [-0.2, 0) is 9.53 Å². The predicted octanol–water partition coefficient (Wildman–Crippen LogP) is 2.07. The van der Waals surface area contributed by atoms with Crippen molar-refractivity contribution in [3.8, 4) is 0 Å². The summed E-state index contributed by atoms with van der Waals surface area (Å²) in [6.07, 6.45) is 4.53. The van der Waals surface area contributed by atoms with E-state index in [1.54, 1.807) is 0 Å². The van der Waals surface area contributed by atoms with Crippen molar-refractivity contribution in [2.75, 3.05) is 0 Å². The van der Waals surface area contributed by atoms with E-state index in [0.717, 1.165) is 12.0 Å².